The Kier molecular flexibility index (Phi) is 2.78. The molecule has 4 nitrogen and oxygen atoms in total. The van der Waals surface area contributed by atoms with E-state index in [1.165, 1.54) is 12.1 Å². The van der Waals surface area contributed by atoms with Gasteiger partial charge in [-0.1, -0.05) is 0 Å². The van der Waals surface area contributed by atoms with E-state index in [1.54, 1.807) is 6.92 Å². The third-order valence-corrected chi connectivity index (χ3v) is 2.47. The first-order valence-electron chi connectivity index (χ1n) is 5.12. The molecule has 1 aliphatic rings. The van der Waals surface area contributed by atoms with Crippen LogP contribution in [0.5, 0.6) is 5.75 Å². The topological polar surface area (TPSA) is 64.3 Å². The molecule has 1 aromatic rings. The molecule has 0 bridgehead atoms. The highest BCUT2D eigenvalue weighted by atomic mass is 19.1. The second kappa shape index (κ2) is 4.09. The Hall–Kier alpha value is -1.62. The normalized spacial score (nSPS) is 18.7. The highest BCUT2D eigenvalue weighted by Crippen LogP contribution is 2.34. The maximum Gasteiger partial charge on any atom is 0.265 e. The molecular weight excluding hydrogens is 211 g/mol. The van der Waals surface area contributed by atoms with Crippen LogP contribution >= 0.6 is 0 Å². The van der Waals surface area contributed by atoms with Crippen LogP contribution in [0.2, 0.25) is 0 Å². The molecule has 3 N–H and O–H groups in total. The van der Waals surface area contributed by atoms with Crippen molar-refractivity contribution in [1.29, 1.82) is 0 Å². The van der Waals surface area contributed by atoms with Crippen LogP contribution < -0.4 is 15.8 Å². The number of fused-ring (bicyclic) bond motifs is 1. The monoisotopic (exact) mass is 224 g/mol. The minimum atomic E-state index is -0.561. The smallest absolute Gasteiger partial charge is 0.265 e. The average Bonchev–Trinajstić information content (AvgIpc) is 2.21. The standard InChI is InChI=1S/C11H13FN2O2/c1-6-11(15)14-9-5-8(12)4-7(2-3-13)10(9)16-6/h4-6H,2-3,13H2,1H3,(H,14,15). The van der Waals surface area contributed by atoms with Gasteiger partial charge in [-0.25, -0.2) is 4.39 Å². The molecule has 1 atom stereocenters. The van der Waals surface area contributed by atoms with Gasteiger partial charge in [0.1, 0.15) is 11.6 Å². The highest BCUT2D eigenvalue weighted by Gasteiger charge is 2.26. The van der Waals surface area contributed by atoms with Gasteiger partial charge in [-0.3, -0.25) is 4.79 Å². The van der Waals surface area contributed by atoms with Crippen LogP contribution in [0.15, 0.2) is 12.1 Å². The van der Waals surface area contributed by atoms with Crippen LogP contribution in [0.3, 0.4) is 0 Å². The summed E-state index contributed by atoms with van der Waals surface area (Å²) in [5, 5.41) is 2.60. The van der Waals surface area contributed by atoms with Crippen LogP contribution in [0.25, 0.3) is 0 Å². The number of carbonyl (C=O) groups is 1. The molecule has 0 saturated heterocycles. The Morgan fingerprint density at radius 1 is 1.56 bits per heavy atom. The van der Waals surface area contributed by atoms with Gasteiger partial charge >= 0.3 is 0 Å². The lowest BCUT2D eigenvalue weighted by atomic mass is 10.1. The molecule has 1 aliphatic heterocycles. The predicted octanol–water partition coefficient (Wildman–Crippen LogP) is 1.05. The molecule has 0 spiro atoms. The summed E-state index contributed by atoms with van der Waals surface area (Å²) < 4.78 is 18.7. The lowest BCUT2D eigenvalue weighted by molar-refractivity contribution is -0.122. The van der Waals surface area contributed by atoms with Gasteiger partial charge in [-0.2, -0.15) is 0 Å². The molecule has 0 aliphatic carbocycles. The van der Waals surface area contributed by atoms with Crippen molar-refractivity contribution in [2.45, 2.75) is 19.4 Å². The summed E-state index contributed by atoms with van der Waals surface area (Å²) in [7, 11) is 0. The minimum Gasteiger partial charge on any atom is -0.478 e. The fourth-order valence-electron chi connectivity index (χ4n) is 1.69. The van der Waals surface area contributed by atoms with Gasteiger partial charge in [0.25, 0.3) is 5.91 Å². The van der Waals surface area contributed by atoms with E-state index in [2.05, 4.69) is 5.32 Å². The first-order valence-corrected chi connectivity index (χ1v) is 5.12. The summed E-state index contributed by atoms with van der Waals surface area (Å²) >= 11 is 0. The Morgan fingerprint density at radius 2 is 2.31 bits per heavy atom. The van der Waals surface area contributed by atoms with Crippen molar-refractivity contribution in [3.63, 3.8) is 0 Å². The van der Waals surface area contributed by atoms with Crippen molar-refractivity contribution in [1.82, 2.24) is 0 Å². The molecule has 0 saturated carbocycles. The third kappa shape index (κ3) is 1.86. The van der Waals surface area contributed by atoms with Crippen molar-refractivity contribution >= 4 is 11.6 Å². The number of anilines is 1. The number of amides is 1. The molecule has 1 unspecified atom stereocenters. The van der Waals surface area contributed by atoms with Gasteiger partial charge in [-0.15, -0.1) is 0 Å². The highest BCUT2D eigenvalue weighted by molar-refractivity contribution is 5.97. The van der Waals surface area contributed by atoms with Gasteiger partial charge in [0, 0.05) is 11.6 Å². The lowest BCUT2D eigenvalue weighted by Gasteiger charge is -2.25. The Morgan fingerprint density at radius 3 is 3.00 bits per heavy atom. The van der Waals surface area contributed by atoms with Gasteiger partial charge in [0.2, 0.25) is 0 Å². The molecular formula is C11H13FN2O2. The molecule has 0 radical (unpaired) electrons. The van der Waals surface area contributed by atoms with Crippen LogP contribution in [0.1, 0.15) is 12.5 Å². The second-order valence-corrected chi connectivity index (χ2v) is 3.73. The lowest BCUT2D eigenvalue weighted by Crippen LogP contribution is -2.35. The SMILES string of the molecule is CC1Oc2c(CCN)cc(F)cc2NC1=O. The number of benzene rings is 1. The second-order valence-electron chi connectivity index (χ2n) is 3.73. The van der Waals surface area contributed by atoms with Gasteiger partial charge < -0.3 is 15.8 Å². The zero-order valence-electron chi connectivity index (χ0n) is 8.92. The van der Waals surface area contributed by atoms with Crippen LogP contribution in [-0.2, 0) is 11.2 Å². The van der Waals surface area contributed by atoms with E-state index < -0.39 is 11.9 Å². The molecule has 1 heterocycles. The number of hydrogen-bond acceptors (Lipinski definition) is 3. The number of rotatable bonds is 2. The summed E-state index contributed by atoms with van der Waals surface area (Å²) in [4.78, 5) is 11.4. The number of carbonyl (C=O) groups excluding carboxylic acids is 1. The molecule has 16 heavy (non-hydrogen) atoms. The van der Waals surface area contributed by atoms with E-state index in [0.717, 1.165) is 0 Å². The molecule has 5 heteroatoms. The maximum atomic E-state index is 13.3. The number of nitrogens with two attached hydrogens (primary N) is 1. The van der Waals surface area contributed by atoms with Crippen molar-refractivity contribution in [2.75, 3.05) is 11.9 Å². The molecule has 1 aromatic carbocycles. The van der Waals surface area contributed by atoms with E-state index in [1.807, 2.05) is 0 Å². The van der Waals surface area contributed by atoms with Crippen LogP contribution in [-0.4, -0.2) is 18.6 Å². The number of hydrogen-bond donors (Lipinski definition) is 2. The van der Waals surface area contributed by atoms with Gasteiger partial charge in [0.15, 0.2) is 6.10 Å². The van der Waals surface area contributed by atoms with E-state index >= 15 is 0 Å². The number of nitrogens with one attached hydrogen (secondary N) is 1. The quantitative estimate of drug-likeness (QED) is 0.789. The van der Waals surface area contributed by atoms with Crippen molar-refractivity contribution in [2.24, 2.45) is 5.73 Å². The van der Waals surface area contributed by atoms with E-state index in [4.69, 9.17) is 10.5 Å². The zero-order chi connectivity index (χ0) is 11.7. The minimum absolute atomic E-state index is 0.267. The fourth-order valence-corrected chi connectivity index (χ4v) is 1.69. The number of halogens is 1. The third-order valence-electron chi connectivity index (χ3n) is 2.47. The number of ether oxygens (including phenoxy) is 1. The largest absolute Gasteiger partial charge is 0.478 e. The van der Waals surface area contributed by atoms with Crippen molar-refractivity contribution < 1.29 is 13.9 Å². The Labute approximate surface area is 92.6 Å². The Balaban J connectivity index is 2.45. The summed E-state index contributed by atoms with van der Waals surface area (Å²) in [5.74, 6) is -0.142. The predicted molar refractivity (Wildman–Crippen MR) is 57.9 cm³/mol. The molecule has 0 fully saturated rings. The first-order chi connectivity index (χ1) is 7.61. The summed E-state index contributed by atoms with van der Waals surface area (Å²) in [6.07, 6.45) is -0.0441. The fraction of sp³-hybridized carbons (Fsp3) is 0.364. The summed E-state index contributed by atoms with van der Waals surface area (Å²) in [5.41, 5.74) is 6.51. The molecule has 1 amide bonds. The molecule has 86 valence electrons. The van der Waals surface area contributed by atoms with Gasteiger partial charge in [0.05, 0.1) is 5.69 Å². The van der Waals surface area contributed by atoms with E-state index in [9.17, 15) is 9.18 Å². The van der Waals surface area contributed by atoms with Crippen molar-refractivity contribution in [3.05, 3.63) is 23.5 Å². The summed E-state index contributed by atoms with van der Waals surface area (Å²) in [6, 6.07) is 2.63. The maximum absolute atomic E-state index is 13.3. The Bertz CT molecular complexity index is 434. The average molecular weight is 224 g/mol. The van der Waals surface area contributed by atoms with E-state index in [-0.39, 0.29) is 5.91 Å². The van der Waals surface area contributed by atoms with Crippen LogP contribution in [0, 0.1) is 5.82 Å². The molecule has 2 rings (SSSR count). The van der Waals surface area contributed by atoms with Crippen LogP contribution in [0.4, 0.5) is 10.1 Å². The first kappa shape index (κ1) is 10.9. The van der Waals surface area contributed by atoms with Crippen molar-refractivity contribution in [3.8, 4) is 5.75 Å². The van der Waals surface area contributed by atoms with Gasteiger partial charge in [-0.05, 0) is 26.0 Å². The van der Waals surface area contributed by atoms with E-state index in [0.29, 0.717) is 30.0 Å². The molecule has 0 aromatic heterocycles. The summed E-state index contributed by atoms with van der Waals surface area (Å²) in [6.45, 7) is 2.05. The zero-order valence-corrected chi connectivity index (χ0v) is 8.92.